The summed E-state index contributed by atoms with van der Waals surface area (Å²) in [6, 6.07) is 9.72. The highest BCUT2D eigenvalue weighted by molar-refractivity contribution is 6.33. The summed E-state index contributed by atoms with van der Waals surface area (Å²) in [5.74, 6) is 0.896. The van der Waals surface area contributed by atoms with E-state index in [9.17, 15) is 0 Å². The Morgan fingerprint density at radius 3 is 2.87 bits per heavy atom. The van der Waals surface area contributed by atoms with Crippen molar-refractivity contribution in [2.75, 3.05) is 5.32 Å². The normalized spacial score (nSPS) is 10.3. The minimum Gasteiger partial charge on any atom is -0.467 e. The molecule has 0 spiro atoms. The van der Waals surface area contributed by atoms with Crippen LogP contribution in [0.2, 0.25) is 5.02 Å². The second-order valence-electron chi connectivity index (χ2n) is 3.37. The van der Waals surface area contributed by atoms with Crippen LogP contribution in [0.1, 0.15) is 11.3 Å². The summed E-state index contributed by atoms with van der Waals surface area (Å²) in [6.45, 7) is 2.64. The molecule has 1 heterocycles. The lowest BCUT2D eigenvalue weighted by molar-refractivity contribution is 0.518. The quantitative estimate of drug-likeness (QED) is 0.852. The average molecular weight is 222 g/mol. The molecule has 1 aromatic heterocycles. The maximum absolute atomic E-state index is 6.14. The molecular weight excluding hydrogens is 210 g/mol. The predicted molar refractivity (Wildman–Crippen MR) is 62.2 cm³/mol. The average Bonchev–Trinajstić information content (AvgIpc) is 2.73. The van der Waals surface area contributed by atoms with Gasteiger partial charge in [-0.3, -0.25) is 0 Å². The molecule has 0 aliphatic carbocycles. The summed E-state index contributed by atoms with van der Waals surface area (Å²) in [7, 11) is 0. The predicted octanol–water partition coefficient (Wildman–Crippen LogP) is 3.85. The van der Waals surface area contributed by atoms with Crippen LogP contribution in [0.25, 0.3) is 0 Å². The Bertz CT molecular complexity index is 437. The van der Waals surface area contributed by atoms with Crippen molar-refractivity contribution in [3.8, 4) is 0 Å². The molecule has 0 saturated carbocycles. The van der Waals surface area contributed by atoms with Gasteiger partial charge in [-0.1, -0.05) is 23.7 Å². The molecule has 3 heteroatoms. The molecule has 0 aliphatic rings. The number of rotatable bonds is 3. The van der Waals surface area contributed by atoms with Crippen LogP contribution in [0.5, 0.6) is 0 Å². The van der Waals surface area contributed by atoms with E-state index in [1.165, 1.54) is 0 Å². The van der Waals surface area contributed by atoms with Crippen molar-refractivity contribution in [2.24, 2.45) is 0 Å². The summed E-state index contributed by atoms with van der Waals surface area (Å²) >= 11 is 6.14. The fourth-order valence-corrected chi connectivity index (χ4v) is 1.57. The molecule has 0 amide bonds. The zero-order valence-corrected chi connectivity index (χ0v) is 9.21. The Morgan fingerprint density at radius 2 is 2.13 bits per heavy atom. The van der Waals surface area contributed by atoms with E-state index < -0.39 is 0 Å². The first kappa shape index (κ1) is 10.1. The number of nitrogens with one attached hydrogen (secondary N) is 1. The van der Waals surface area contributed by atoms with E-state index in [4.69, 9.17) is 16.0 Å². The van der Waals surface area contributed by atoms with Crippen molar-refractivity contribution in [1.29, 1.82) is 0 Å². The standard InChI is InChI=1S/C12H12ClNO/c1-9-4-2-6-11(12(9)13)14-8-10-5-3-7-15-10/h2-7,14H,8H2,1H3. The molecule has 2 nitrogen and oxygen atoms in total. The van der Waals surface area contributed by atoms with Crippen LogP contribution < -0.4 is 5.32 Å². The first-order valence-electron chi connectivity index (χ1n) is 4.79. The van der Waals surface area contributed by atoms with Gasteiger partial charge in [-0.05, 0) is 30.7 Å². The van der Waals surface area contributed by atoms with E-state index >= 15 is 0 Å². The Labute approximate surface area is 93.9 Å². The lowest BCUT2D eigenvalue weighted by atomic mass is 10.2. The van der Waals surface area contributed by atoms with Crippen LogP contribution in [0.4, 0.5) is 5.69 Å². The van der Waals surface area contributed by atoms with Gasteiger partial charge < -0.3 is 9.73 Å². The molecule has 0 saturated heterocycles. The first-order chi connectivity index (χ1) is 7.27. The molecule has 0 radical (unpaired) electrons. The van der Waals surface area contributed by atoms with Crippen molar-refractivity contribution in [1.82, 2.24) is 0 Å². The summed E-state index contributed by atoms with van der Waals surface area (Å²) in [4.78, 5) is 0. The van der Waals surface area contributed by atoms with Crippen LogP contribution in [0, 0.1) is 6.92 Å². The maximum Gasteiger partial charge on any atom is 0.122 e. The molecule has 0 fully saturated rings. The fourth-order valence-electron chi connectivity index (χ4n) is 1.38. The zero-order valence-electron chi connectivity index (χ0n) is 8.46. The van der Waals surface area contributed by atoms with Crippen LogP contribution >= 0.6 is 11.6 Å². The van der Waals surface area contributed by atoms with Crippen molar-refractivity contribution in [3.05, 3.63) is 52.9 Å². The minimum atomic E-state index is 0.649. The first-order valence-corrected chi connectivity index (χ1v) is 5.16. The summed E-state index contributed by atoms with van der Waals surface area (Å²) in [5, 5.41) is 4.00. The summed E-state index contributed by atoms with van der Waals surface area (Å²) < 4.78 is 5.22. The van der Waals surface area contributed by atoms with Crippen LogP contribution in [-0.2, 0) is 6.54 Å². The number of hydrogen-bond acceptors (Lipinski definition) is 2. The van der Waals surface area contributed by atoms with Crippen molar-refractivity contribution in [3.63, 3.8) is 0 Å². The van der Waals surface area contributed by atoms with Crippen molar-refractivity contribution >= 4 is 17.3 Å². The van der Waals surface area contributed by atoms with E-state index in [1.54, 1.807) is 6.26 Å². The lowest BCUT2D eigenvalue weighted by Crippen LogP contribution is -1.99. The van der Waals surface area contributed by atoms with Gasteiger partial charge in [0.15, 0.2) is 0 Å². The van der Waals surface area contributed by atoms with E-state index in [2.05, 4.69) is 5.32 Å². The number of anilines is 1. The van der Waals surface area contributed by atoms with Crippen molar-refractivity contribution in [2.45, 2.75) is 13.5 Å². The molecule has 78 valence electrons. The largest absolute Gasteiger partial charge is 0.467 e. The highest BCUT2D eigenvalue weighted by Gasteiger charge is 2.02. The SMILES string of the molecule is Cc1cccc(NCc2ccco2)c1Cl. The number of aryl methyl sites for hydroxylation is 1. The number of hydrogen-bond donors (Lipinski definition) is 1. The van der Waals surface area contributed by atoms with Crippen LogP contribution in [-0.4, -0.2) is 0 Å². The Balaban J connectivity index is 2.08. The molecule has 0 aliphatic heterocycles. The molecule has 2 aromatic rings. The molecule has 15 heavy (non-hydrogen) atoms. The molecule has 1 N–H and O–H groups in total. The summed E-state index contributed by atoms with van der Waals surface area (Å²) in [5.41, 5.74) is 2.01. The molecule has 0 unspecified atom stereocenters. The minimum absolute atomic E-state index is 0.649. The van der Waals surface area contributed by atoms with Crippen LogP contribution in [0.3, 0.4) is 0 Å². The van der Waals surface area contributed by atoms with Gasteiger partial charge in [-0.2, -0.15) is 0 Å². The maximum atomic E-state index is 6.14. The van der Waals surface area contributed by atoms with E-state index in [0.717, 1.165) is 22.0 Å². The molecular formula is C12H12ClNO. The number of benzene rings is 1. The van der Waals surface area contributed by atoms with Crippen molar-refractivity contribution < 1.29 is 4.42 Å². The lowest BCUT2D eigenvalue weighted by Gasteiger charge is -2.08. The van der Waals surface area contributed by atoms with E-state index in [0.29, 0.717) is 6.54 Å². The Kier molecular flexibility index (Phi) is 2.97. The monoisotopic (exact) mass is 221 g/mol. The van der Waals surface area contributed by atoms with Crippen LogP contribution in [0.15, 0.2) is 41.0 Å². The Morgan fingerprint density at radius 1 is 1.27 bits per heavy atom. The van der Waals surface area contributed by atoms with Gasteiger partial charge in [-0.15, -0.1) is 0 Å². The van der Waals surface area contributed by atoms with Gasteiger partial charge in [0, 0.05) is 0 Å². The van der Waals surface area contributed by atoms with Gasteiger partial charge in [0.05, 0.1) is 23.5 Å². The third-order valence-corrected chi connectivity index (χ3v) is 2.73. The molecule has 0 bridgehead atoms. The zero-order chi connectivity index (χ0) is 10.7. The Hall–Kier alpha value is -1.41. The smallest absolute Gasteiger partial charge is 0.122 e. The number of halogens is 1. The topological polar surface area (TPSA) is 25.2 Å². The van der Waals surface area contributed by atoms with E-state index in [1.807, 2.05) is 37.3 Å². The van der Waals surface area contributed by atoms with E-state index in [-0.39, 0.29) is 0 Å². The fraction of sp³-hybridized carbons (Fsp3) is 0.167. The summed E-state index contributed by atoms with van der Waals surface area (Å²) in [6.07, 6.45) is 1.66. The highest BCUT2D eigenvalue weighted by atomic mass is 35.5. The second-order valence-corrected chi connectivity index (χ2v) is 3.75. The highest BCUT2D eigenvalue weighted by Crippen LogP contribution is 2.25. The third-order valence-electron chi connectivity index (χ3n) is 2.22. The molecule has 2 rings (SSSR count). The van der Waals surface area contributed by atoms with Gasteiger partial charge in [0.25, 0.3) is 0 Å². The van der Waals surface area contributed by atoms with Gasteiger partial charge in [-0.25, -0.2) is 0 Å². The molecule has 0 atom stereocenters. The van der Waals surface area contributed by atoms with Gasteiger partial charge >= 0.3 is 0 Å². The second kappa shape index (κ2) is 4.41. The van der Waals surface area contributed by atoms with Gasteiger partial charge in [0.1, 0.15) is 5.76 Å². The third kappa shape index (κ3) is 2.34. The molecule has 1 aromatic carbocycles. The number of furan rings is 1. The van der Waals surface area contributed by atoms with Gasteiger partial charge in [0.2, 0.25) is 0 Å².